The van der Waals surface area contributed by atoms with E-state index in [1.165, 1.54) is 17.7 Å². The van der Waals surface area contributed by atoms with Crippen LogP contribution in [0.1, 0.15) is 21.6 Å². The molecule has 5 rings (SSSR count). The van der Waals surface area contributed by atoms with Gasteiger partial charge in [-0.3, -0.25) is 9.69 Å². The van der Waals surface area contributed by atoms with Gasteiger partial charge in [-0.2, -0.15) is 13.2 Å². The van der Waals surface area contributed by atoms with Crippen LogP contribution in [0.15, 0.2) is 66.9 Å². The molecular formula is C28H27F3N4O. The number of carbonyl (C=O) groups excluding carboxylic acids is 1. The first-order valence-electron chi connectivity index (χ1n) is 11.9. The van der Waals surface area contributed by atoms with Crippen LogP contribution in [-0.2, 0) is 6.54 Å². The molecule has 0 unspecified atom stereocenters. The van der Waals surface area contributed by atoms with Crippen LogP contribution in [0, 0.1) is 6.92 Å². The molecule has 1 aliphatic rings. The summed E-state index contributed by atoms with van der Waals surface area (Å²) < 4.78 is 40.7. The fourth-order valence-corrected chi connectivity index (χ4v) is 4.63. The van der Waals surface area contributed by atoms with Crippen molar-refractivity contribution in [2.24, 2.45) is 0 Å². The number of hydrogen-bond donors (Lipinski definition) is 0. The summed E-state index contributed by atoms with van der Waals surface area (Å²) in [5.41, 5.74) is 6.08. The van der Waals surface area contributed by atoms with E-state index in [4.69, 9.17) is 4.98 Å². The Balaban J connectivity index is 1.58. The number of halogens is 3. The largest absolute Gasteiger partial charge is 0.454 e. The smallest absolute Gasteiger partial charge is 0.304 e. The second kappa shape index (κ2) is 9.52. The summed E-state index contributed by atoms with van der Waals surface area (Å²) in [5.74, 6) is -1.84. The monoisotopic (exact) mass is 492 g/mol. The molecule has 1 saturated heterocycles. The molecule has 0 saturated carbocycles. The second-order valence-electron chi connectivity index (χ2n) is 9.41. The Bertz CT molecular complexity index is 1400. The van der Waals surface area contributed by atoms with Crippen molar-refractivity contribution in [2.45, 2.75) is 19.6 Å². The maximum absolute atomic E-state index is 12.9. The van der Waals surface area contributed by atoms with Crippen molar-refractivity contribution in [3.8, 4) is 22.4 Å². The van der Waals surface area contributed by atoms with Crippen molar-refractivity contribution in [1.82, 2.24) is 19.2 Å². The lowest BCUT2D eigenvalue weighted by Crippen LogP contribution is -2.44. The van der Waals surface area contributed by atoms with Gasteiger partial charge in [-0.1, -0.05) is 54.1 Å². The number of rotatable bonds is 5. The molecule has 3 heterocycles. The van der Waals surface area contributed by atoms with Crippen molar-refractivity contribution in [3.63, 3.8) is 0 Å². The van der Waals surface area contributed by atoms with Crippen LogP contribution in [0.25, 0.3) is 28.0 Å². The zero-order valence-electron chi connectivity index (χ0n) is 20.2. The Morgan fingerprint density at radius 3 is 2.28 bits per heavy atom. The van der Waals surface area contributed by atoms with Crippen LogP contribution < -0.4 is 0 Å². The number of alkyl halides is 3. The van der Waals surface area contributed by atoms with E-state index in [0.29, 0.717) is 17.8 Å². The molecule has 0 bridgehead atoms. The maximum Gasteiger partial charge on any atom is 0.454 e. The van der Waals surface area contributed by atoms with Gasteiger partial charge in [0.05, 0.1) is 11.4 Å². The molecule has 2 aromatic heterocycles. The van der Waals surface area contributed by atoms with Crippen molar-refractivity contribution >= 4 is 11.4 Å². The number of piperazine rings is 1. The van der Waals surface area contributed by atoms with E-state index in [1.54, 1.807) is 12.1 Å². The first kappa shape index (κ1) is 24.2. The third-order valence-electron chi connectivity index (χ3n) is 6.72. The quantitative estimate of drug-likeness (QED) is 0.347. The normalized spacial score (nSPS) is 15.5. The van der Waals surface area contributed by atoms with Gasteiger partial charge in [0.1, 0.15) is 5.65 Å². The number of carbonyl (C=O) groups is 1. The summed E-state index contributed by atoms with van der Waals surface area (Å²) in [6, 6.07) is 17.9. The van der Waals surface area contributed by atoms with Crippen LogP contribution in [0.5, 0.6) is 0 Å². The highest BCUT2D eigenvalue weighted by atomic mass is 19.4. The van der Waals surface area contributed by atoms with Crippen LogP contribution in [0.2, 0.25) is 0 Å². The molecule has 2 aromatic carbocycles. The third kappa shape index (κ3) is 4.92. The number of Topliss-reactive ketones (excluding diaryl/α,β-unsaturated/α-hetero) is 1. The average molecular weight is 493 g/mol. The minimum atomic E-state index is -4.90. The highest BCUT2D eigenvalue weighted by molar-refractivity contribution is 6.00. The summed E-state index contributed by atoms with van der Waals surface area (Å²) in [6.45, 7) is 6.48. The molecule has 186 valence electrons. The first-order chi connectivity index (χ1) is 17.2. The van der Waals surface area contributed by atoms with Crippen molar-refractivity contribution in [2.75, 3.05) is 33.2 Å². The highest BCUT2D eigenvalue weighted by Gasteiger charge is 2.39. The number of imidazole rings is 1. The number of benzene rings is 2. The molecule has 1 aliphatic heterocycles. The lowest BCUT2D eigenvalue weighted by atomic mass is 10.0. The maximum atomic E-state index is 12.9. The molecule has 0 N–H and O–H groups in total. The zero-order chi connectivity index (χ0) is 25.4. The zero-order valence-corrected chi connectivity index (χ0v) is 20.2. The van der Waals surface area contributed by atoms with Gasteiger partial charge in [-0.05, 0) is 37.2 Å². The van der Waals surface area contributed by atoms with Gasteiger partial charge in [-0.25, -0.2) is 4.98 Å². The van der Waals surface area contributed by atoms with Crippen LogP contribution >= 0.6 is 0 Å². The highest BCUT2D eigenvalue weighted by Crippen LogP contribution is 2.30. The Hall–Kier alpha value is -3.49. The number of ketones is 1. The topological polar surface area (TPSA) is 40.9 Å². The van der Waals surface area contributed by atoms with Gasteiger partial charge in [-0.15, -0.1) is 0 Å². The molecule has 0 spiro atoms. The molecule has 0 radical (unpaired) electrons. The number of nitrogens with zero attached hydrogens (tertiary/aromatic N) is 4. The summed E-state index contributed by atoms with van der Waals surface area (Å²) in [5, 5.41) is 0. The number of pyridine rings is 1. The molecular weight excluding hydrogens is 465 g/mol. The predicted octanol–water partition coefficient (Wildman–Crippen LogP) is 5.47. The van der Waals surface area contributed by atoms with E-state index >= 15 is 0 Å². The van der Waals surface area contributed by atoms with Crippen LogP contribution in [-0.4, -0.2) is 64.4 Å². The number of aryl methyl sites for hydroxylation is 1. The van der Waals surface area contributed by atoms with Gasteiger partial charge in [0.2, 0.25) is 0 Å². The van der Waals surface area contributed by atoms with Crippen LogP contribution in [0.3, 0.4) is 0 Å². The summed E-state index contributed by atoms with van der Waals surface area (Å²) >= 11 is 0. The van der Waals surface area contributed by atoms with Crippen molar-refractivity contribution in [3.05, 3.63) is 83.7 Å². The van der Waals surface area contributed by atoms with Gasteiger partial charge >= 0.3 is 6.18 Å². The first-order valence-corrected chi connectivity index (χ1v) is 11.9. The van der Waals surface area contributed by atoms with Crippen molar-refractivity contribution in [1.29, 1.82) is 0 Å². The third-order valence-corrected chi connectivity index (χ3v) is 6.72. The Kier molecular flexibility index (Phi) is 6.40. The fourth-order valence-electron chi connectivity index (χ4n) is 4.63. The predicted molar refractivity (Wildman–Crippen MR) is 134 cm³/mol. The van der Waals surface area contributed by atoms with Gasteiger partial charge in [0.25, 0.3) is 5.78 Å². The molecule has 0 atom stereocenters. The second-order valence-corrected chi connectivity index (χ2v) is 9.41. The Labute approximate surface area is 207 Å². The molecule has 1 fully saturated rings. The molecule has 8 heteroatoms. The SMILES string of the molecule is Cc1cccc(-c2ccc3nc(-c4ccc(C(=O)C(F)(F)F)cc4)c(CN4CCN(C)CC4)n3c2)c1. The van der Waals surface area contributed by atoms with E-state index in [1.807, 2.05) is 18.2 Å². The Morgan fingerprint density at radius 2 is 1.61 bits per heavy atom. The minimum absolute atomic E-state index is 0.377. The number of aromatic nitrogens is 2. The van der Waals surface area contributed by atoms with E-state index in [-0.39, 0.29) is 5.56 Å². The van der Waals surface area contributed by atoms with E-state index in [2.05, 4.69) is 52.6 Å². The average Bonchev–Trinajstić information content (AvgIpc) is 3.22. The Morgan fingerprint density at radius 1 is 0.917 bits per heavy atom. The summed E-state index contributed by atoms with van der Waals surface area (Å²) in [4.78, 5) is 21.2. The van der Waals surface area contributed by atoms with Gasteiger partial charge in [0.15, 0.2) is 0 Å². The summed E-state index contributed by atoms with van der Waals surface area (Å²) in [6.07, 6.45) is -2.82. The molecule has 4 aromatic rings. The van der Waals surface area contributed by atoms with Crippen molar-refractivity contribution < 1.29 is 18.0 Å². The van der Waals surface area contributed by atoms with Crippen LogP contribution in [0.4, 0.5) is 13.2 Å². The minimum Gasteiger partial charge on any atom is -0.304 e. The van der Waals surface area contributed by atoms with Gasteiger partial charge < -0.3 is 9.30 Å². The van der Waals surface area contributed by atoms with E-state index in [0.717, 1.165) is 48.6 Å². The number of likely N-dealkylation sites (N-methyl/N-ethyl adjacent to an activating group) is 1. The summed E-state index contributed by atoms with van der Waals surface area (Å²) in [7, 11) is 2.11. The van der Waals surface area contributed by atoms with Gasteiger partial charge in [0, 0.05) is 50.0 Å². The standard InChI is InChI=1S/C28H27F3N4O/c1-19-4-3-5-22(16-19)23-10-11-25-32-26(20-6-8-21(9-7-20)27(36)28(29,30)31)24(35(25)17-23)18-34-14-12-33(2)13-15-34/h3-11,16-17H,12-15,18H2,1-2H3. The molecule has 0 amide bonds. The number of hydrogen-bond acceptors (Lipinski definition) is 4. The molecule has 0 aliphatic carbocycles. The molecule has 36 heavy (non-hydrogen) atoms. The molecule has 5 nitrogen and oxygen atoms in total. The van der Waals surface area contributed by atoms with E-state index in [9.17, 15) is 18.0 Å². The lowest BCUT2D eigenvalue weighted by molar-refractivity contribution is -0.0885. The fraction of sp³-hybridized carbons (Fsp3) is 0.286. The lowest BCUT2D eigenvalue weighted by Gasteiger charge is -2.32. The van der Waals surface area contributed by atoms with E-state index < -0.39 is 12.0 Å². The number of fused-ring (bicyclic) bond motifs is 1.